The minimum absolute atomic E-state index is 0.266. The molecule has 110 valence electrons. The van der Waals surface area contributed by atoms with Gasteiger partial charge in [0.05, 0.1) is 17.7 Å². The Labute approximate surface area is 127 Å². The number of aromatic nitrogens is 1. The van der Waals surface area contributed by atoms with Crippen LogP contribution in [0.25, 0.3) is 10.9 Å². The van der Waals surface area contributed by atoms with Crippen molar-refractivity contribution in [1.82, 2.24) is 10.3 Å². The summed E-state index contributed by atoms with van der Waals surface area (Å²) in [5.74, 6) is -0.353. The first kappa shape index (κ1) is 15.3. The maximum Gasteiger partial charge on any atom is 0.329 e. The summed E-state index contributed by atoms with van der Waals surface area (Å²) in [6.07, 6.45) is 0. The lowest BCUT2D eigenvalue weighted by atomic mass is 10.2. The van der Waals surface area contributed by atoms with Crippen LogP contribution in [0.3, 0.4) is 0 Å². The van der Waals surface area contributed by atoms with Crippen LogP contribution < -0.4 is 5.32 Å². The van der Waals surface area contributed by atoms with Crippen molar-refractivity contribution in [3.05, 3.63) is 36.4 Å². The Kier molecular flexibility index (Phi) is 5.16. The number of hydrogen-bond acceptors (Lipinski definition) is 5. The highest BCUT2D eigenvalue weighted by Gasteiger charge is 2.20. The summed E-state index contributed by atoms with van der Waals surface area (Å²) in [6.45, 7) is 1.37. The predicted molar refractivity (Wildman–Crippen MR) is 82.1 cm³/mol. The number of amides is 1. The number of thioether (sulfide) groups is 1. The second-order valence-corrected chi connectivity index (χ2v) is 5.47. The van der Waals surface area contributed by atoms with Crippen molar-refractivity contribution in [3.63, 3.8) is 0 Å². The zero-order chi connectivity index (χ0) is 15.2. The standard InChI is InChI=1S/C15H16N2O3S/c1-10(18)16-13(15(19)20-2)9-21-14-8-7-11-5-3-4-6-12(11)17-14/h3-8,13H,9H2,1-2H3,(H,16,18)/t13-/m1/s1. The average molecular weight is 304 g/mol. The maximum atomic E-state index is 11.6. The van der Waals surface area contributed by atoms with Gasteiger partial charge in [0, 0.05) is 18.1 Å². The molecule has 1 aromatic heterocycles. The van der Waals surface area contributed by atoms with E-state index in [-0.39, 0.29) is 5.91 Å². The Morgan fingerprint density at radius 1 is 1.29 bits per heavy atom. The van der Waals surface area contributed by atoms with E-state index in [0.717, 1.165) is 15.9 Å². The van der Waals surface area contributed by atoms with Gasteiger partial charge in [-0.2, -0.15) is 0 Å². The molecule has 0 fully saturated rings. The zero-order valence-electron chi connectivity index (χ0n) is 11.8. The van der Waals surface area contributed by atoms with Gasteiger partial charge >= 0.3 is 5.97 Å². The molecule has 0 saturated heterocycles. The first-order valence-electron chi connectivity index (χ1n) is 6.43. The van der Waals surface area contributed by atoms with Crippen LogP contribution in [0, 0.1) is 0 Å². The van der Waals surface area contributed by atoms with Gasteiger partial charge in [-0.05, 0) is 12.1 Å². The fourth-order valence-electron chi connectivity index (χ4n) is 1.85. The average Bonchev–Trinajstić information content (AvgIpc) is 2.50. The van der Waals surface area contributed by atoms with E-state index in [1.807, 2.05) is 36.4 Å². The third-order valence-electron chi connectivity index (χ3n) is 2.83. The van der Waals surface area contributed by atoms with Crippen LogP contribution in [0.2, 0.25) is 0 Å². The monoisotopic (exact) mass is 304 g/mol. The SMILES string of the molecule is COC(=O)[C@@H](CSc1ccc2ccccc2n1)NC(C)=O. The number of esters is 1. The van der Waals surface area contributed by atoms with E-state index in [0.29, 0.717) is 5.75 Å². The van der Waals surface area contributed by atoms with Gasteiger partial charge < -0.3 is 10.1 Å². The van der Waals surface area contributed by atoms with Gasteiger partial charge in [0.25, 0.3) is 0 Å². The Morgan fingerprint density at radius 2 is 2.05 bits per heavy atom. The molecule has 1 atom stereocenters. The molecular formula is C15H16N2O3S. The molecule has 1 N–H and O–H groups in total. The first-order valence-corrected chi connectivity index (χ1v) is 7.42. The Morgan fingerprint density at radius 3 is 2.76 bits per heavy atom. The maximum absolute atomic E-state index is 11.6. The molecule has 0 radical (unpaired) electrons. The molecule has 2 rings (SSSR count). The molecule has 0 bridgehead atoms. The molecule has 0 unspecified atom stereocenters. The van der Waals surface area contributed by atoms with Gasteiger partial charge in [-0.1, -0.05) is 24.3 Å². The Balaban J connectivity index is 2.07. The summed E-state index contributed by atoms with van der Waals surface area (Å²) in [5.41, 5.74) is 0.900. The molecule has 0 saturated carbocycles. The van der Waals surface area contributed by atoms with E-state index in [1.54, 1.807) is 0 Å². The van der Waals surface area contributed by atoms with Gasteiger partial charge in [-0.15, -0.1) is 11.8 Å². The van der Waals surface area contributed by atoms with Crippen molar-refractivity contribution >= 4 is 34.5 Å². The number of benzene rings is 1. The second kappa shape index (κ2) is 7.08. The molecule has 0 spiro atoms. The lowest BCUT2D eigenvalue weighted by Crippen LogP contribution is -2.42. The summed E-state index contributed by atoms with van der Waals surface area (Å²) >= 11 is 1.40. The highest BCUT2D eigenvalue weighted by Crippen LogP contribution is 2.20. The molecule has 0 aliphatic carbocycles. The van der Waals surface area contributed by atoms with Crippen LogP contribution in [0.15, 0.2) is 41.4 Å². The molecule has 6 heteroatoms. The van der Waals surface area contributed by atoms with Crippen molar-refractivity contribution in [3.8, 4) is 0 Å². The minimum atomic E-state index is -0.675. The summed E-state index contributed by atoms with van der Waals surface area (Å²) in [7, 11) is 1.30. The number of pyridine rings is 1. The Bertz CT molecular complexity index is 660. The van der Waals surface area contributed by atoms with Crippen molar-refractivity contribution < 1.29 is 14.3 Å². The van der Waals surface area contributed by atoms with Gasteiger partial charge in [-0.3, -0.25) is 4.79 Å². The number of rotatable bonds is 5. The summed E-state index contributed by atoms with van der Waals surface area (Å²) < 4.78 is 4.68. The minimum Gasteiger partial charge on any atom is -0.467 e. The smallest absolute Gasteiger partial charge is 0.329 e. The molecule has 1 amide bonds. The molecule has 21 heavy (non-hydrogen) atoms. The molecule has 1 heterocycles. The van der Waals surface area contributed by atoms with Crippen LogP contribution in [-0.4, -0.2) is 35.8 Å². The van der Waals surface area contributed by atoms with Crippen LogP contribution in [0.5, 0.6) is 0 Å². The van der Waals surface area contributed by atoms with Crippen molar-refractivity contribution in [2.24, 2.45) is 0 Å². The normalized spacial score (nSPS) is 11.9. The fourth-order valence-corrected chi connectivity index (χ4v) is 2.74. The molecule has 0 aliphatic rings. The molecule has 0 aliphatic heterocycles. The molecule has 2 aromatic rings. The lowest BCUT2D eigenvalue weighted by molar-refractivity contribution is -0.144. The van der Waals surface area contributed by atoms with E-state index >= 15 is 0 Å². The van der Waals surface area contributed by atoms with Gasteiger partial charge in [0.15, 0.2) is 0 Å². The summed E-state index contributed by atoms with van der Waals surface area (Å²) in [4.78, 5) is 27.2. The number of methoxy groups -OCH3 is 1. The number of carbonyl (C=O) groups is 2. The summed E-state index contributed by atoms with van der Waals surface area (Å²) in [6, 6.07) is 11.0. The number of nitrogens with zero attached hydrogens (tertiary/aromatic N) is 1. The Hall–Kier alpha value is -2.08. The zero-order valence-corrected chi connectivity index (χ0v) is 12.6. The highest BCUT2D eigenvalue weighted by atomic mass is 32.2. The number of ether oxygens (including phenoxy) is 1. The van der Waals surface area contributed by atoms with Crippen molar-refractivity contribution in [2.75, 3.05) is 12.9 Å². The summed E-state index contributed by atoms with van der Waals surface area (Å²) in [5, 5.41) is 4.44. The van der Waals surface area contributed by atoms with Crippen LogP contribution >= 0.6 is 11.8 Å². The largest absolute Gasteiger partial charge is 0.467 e. The van der Waals surface area contributed by atoms with Gasteiger partial charge in [0.1, 0.15) is 6.04 Å². The number of para-hydroxylation sites is 1. The number of hydrogen-bond donors (Lipinski definition) is 1. The van der Waals surface area contributed by atoms with Gasteiger partial charge in [0.2, 0.25) is 5.91 Å². The van der Waals surface area contributed by atoms with E-state index in [2.05, 4.69) is 15.0 Å². The number of fused-ring (bicyclic) bond motifs is 1. The van der Waals surface area contributed by atoms with Crippen LogP contribution in [0.4, 0.5) is 0 Å². The molecule has 1 aromatic carbocycles. The van der Waals surface area contributed by atoms with Crippen LogP contribution in [0.1, 0.15) is 6.92 Å². The lowest BCUT2D eigenvalue weighted by Gasteiger charge is -2.14. The van der Waals surface area contributed by atoms with Crippen LogP contribution in [-0.2, 0) is 14.3 Å². The highest BCUT2D eigenvalue weighted by molar-refractivity contribution is 7.99. The third-order valence-corrected chi connectivity index (χ3v) is 3.86. The third kappa shape index (κ3) is 4.19. The van der Waals surface area contributed by atoms with Crippen molar-refractivity contribution in [2.45, 2.75) is 18.0 Å². The van der Waals surface area contributed by atoms with E-state index in [9.17, 15) is 9.59 Å². The first-order chi connectivity index (χ1) is 10.1. The number of carbonyl (C=O) groups excluding carboxylic acids is 2. The molecular weight excluding hydrogens is 288 g/mol. The van der Waals surface area contributed by atoms with Crippen molar-refractivity contribution in [1.29, 1.82) is 0 Å². The number of nitrogens with one attached hydrogen (secondary N) is 1. The fraction of sp³-hybridized carbons (Fsp3) is 0.267. The van der Waals surface area contributed by atoms with E-state index < -0.39 is 12.0 Å². The van der Waals surface area contributed by atoms with E-state index in [1.165, 1.54) is 25.8 Å². The topological polar surface area (TPSA) is 68.3 Å². The van der Waals surface area contributed by atoms with E-state index in [4.69, 9.17) is 0 Å². The molecule has 5 nitrogen and oxygen atoms in total. The van der Waals surface area contributed by atoms with Gasteiger partial charge in [-0.25, -0.2) is 9.78 Å². The second-order valence-electron chi connectivity index (χ2n) is 4.43. The quantitative estimate of drug-likeness (QED) is 0.676. The predicted octanol–water partition coefficient (Wildman–Crippen LogP) is 2.00.